The van der Waals surface area contributed by atoms with Crippen LogP contribution in [0.2, 0.25) is 0 Å². The second kappa shape index (κ2) is 6.61. The zero-order chi connectivity index (χ0) is 14.6. The Kier molecular flexibility index (Phi) is 5.42. The molecule has 1 aromatic rings. The molecule has 0 bridgehead atoms. The van der Waals surface area contributed by atoms with Gasteiger partial charge in [-0.05, 0) is 30.5 Å². The summed E-state index contributed by atoms with van der Waals surface area (Å²) in [5.41, 5.74) is 0.158. The van der Waals surface area contributed by atoms with Gasteiger partial charge in [0.05, 0.1) is 18.6 Å². The molecule has 0 aliphatic carbocycles. The van der Waals surface area contributed by atoms with Crippen LogP contribution >= 0.6 is 0 Å². The summed E-state index contributed by atoms with van der Waals surface area (Å²) in [7, 11) is 0. The van der Waals surface area contributed by atoms with Crippen molar-refractivity contribution in [3.8, 4) is 0 Å². The molecule has 106 valence electrons. The van der Waals surface area contributed by atoms with Crippen LogP contribution in [0.15, 0.2) is 18.2 Å². The van der Waals surface area contributed by atoms with Crippen LogP contribution in [0.3, 0.4) is 0 Å². The van der Waals surface area contributed by atoms with Gasteiger partial charge in [0, 0.05) is 0 Å². The van der Waals surface area contributed by atoms with Gasteiger partial charge in [-0.1, -0.05) is 19.9 Å². The molecule has 0 radical (unpaired) electrons. The van der Waals surface area contributed by atoms with Crippen LogP contribution in [0.5, 0.6) is 0 Å². The Morgan fingerprint density at radius 2 is 1.95 bits per heavy atom. The van der Waals surface area contributed by atoms with Crippen molar-refractivity contribution in [2.75, 3.05) is 6.61 Å². The Morgan fingerprint density at radius 1 is 1.32 bits per heavy atom. The summed E-state index contributed by atoms with van der Waals surface area (Å²) >= 11 is 0. The molecule has 0 fully saturated rings. The number of hydrogen-bond acceptors (Lipinski definition) is 3. The molecule has 0 heterocycles. The highest BCUT2D eigenvalue weighted by Gasteiger charge is 2.32. The SMILES string of the molecule is CCOC(=O)C(C(C)C)C(O)c1ccc(F)c(F)c1. The van der Waals surface area contributed by atoms with Gasteiger partial charge in [0.1, 0.15) is 0 Å². The first-order chi connectivity index (χ1) is 8.88. The van der Waals surface area contributed by atoms with Gasteiger partial charge in [-0.25, -0.2) is 8.78 Å². The molecule has 1 rings (SSSR count). The molecule has 0 spiro atoms. The van der Waals surface area contributed by atoms with Gasteiger partial charge in [0.25, 0.3) is 0 Å². The van der Waals surface area contributed by atoms with Gasteiger partial charge in [0.2, 0.25) is 0 Å². The first kappa shape index (κ1) is 15.6. The minimum Gasteiger partial charge on any atom is -0.466 e. The number of aliphatic hydroxyl groups excluding tert-OH is 1. The molecular formula is C14H18F2O3. The topological polar surface area (TPSA) is 46.5 Å². The van der Waals surface area contributed by atoms with Crippen molar-refractivity contribution in [1.29, 1.82) is 0 Å². The van der Waals surface area contributed by atoms with Crippen LogP contribution in [-0.2, 0) is 9.53 Å². The van der Waals surface area contributed by atoms with Crippen molar-refractivity contribution in [2.24, 2.45) is 11.8 Å². The molecule has 5 heteroatoms. The van der Waals surface area contributed by atoms with Crippen LogP contribution in [0.4, 0.5) is 8.78 Å². The summed E-state index contributed by atoms with van der Waals surface area (Å²) in [6, 6.07) is 3.09. The van der Waals surface area contributed by atoms with Crippen molar-refractivity contribution in [3.05, 3.63) is 35.4 Å². The Bertz CT molecular complexity index is 446. The number of ether oxygens (including phenoxy) is 1. The third-order valence-corrected chi connectivity index (χ3v) is 2.90. The Hall–Kier alpha value is -1.49. The summed E-state index contributed by atoms with van der Waals surface area (Å²) < 4.78 is 30.9. The number of carbonyl (C=O) groups excluding carboxylic acids is 1. The third-order valence-electron chi connectivity index (χ3n) is 2.90. The summed E-state index contributed by atoms with van der Waals surface area (Å²) in [5.74, 6) is -3.60. The largest absolute Gasteiger partial charge is 0.466 e. The molecule has 0 aromatic heterocycles. The van der Waals surface area contributed by atoms with Crippen LogP contribution < -0.4 is 0 Å². The first-order valence-corrected chi connectivity index (χ1v) is 6.18. The van der Waals surface area contributed by atoms with E-state index in [2.05, 4.69) is 0 Å². The predicted molar refractivity (Wildman–Crippen MR) is 66.3 cm³/mol. The lowest BCUT2D eigenvalue weighted by molar-refractivity contribution is -0.154. The summed E-state index contributed by atoms with van der Waals surface area (Å²) in [6.45, 7) is 5.38. The summed E-state index contributed by atoms with van der Waals surface area (Å²) in [5, 5.41) is 10.2. The van der Waals surface area contributed by atoms with E-state index in [1.54, 1.807) is 20.8 Å². The predicted octanol–water partition coefficient (Wildman–Crippen LogP) is 2.83. The second-order valence-electron chi connectivity index (χ2n) is 4.64. The van der Waals surface area contributed by atoms with E-state index in [-0.39, 0.29) is 18.1 Å². The maximum atomic E-state index is 13.2. The second-order valence-corrected chi connectivity index (χ2v) is 4.64. The molecule has 0 aliphatic heterocycles. The van der Waals surface area contributed by atoms with Gasteiger partial charge in [-0.3, -0.25) is 4.79 Å². The lowest BCUT2D eigenvalue weighted by Crippen LogP contribution is -2.29. The molecule has 1 N–H and O–H groups in total. The highest BCUT2D eigenvalue weighted by atomic mass is 19.2. The summed E-state index contributed by atoms with van der Waals surface area (Å²) in [4.78, 5) is 11.8. The van der Waals surface area contributed by atoms with E-state index in [9.17, 15) is 18.7 Å². The Labute approximate surface area is 111 Å². The van der Waals surface area contributed by atoms with Crippen molar-refractivity contribution in [3.63, 3.8) is 0 Å². The molecule has 19 heavy (non-hydrogen) atoms. The maximum Gasteiger partial charge on any atom is 0.312 e. The van der Waals surface area contributed by atoms with Crippen molar-refractivity contribution < 1.29 is 23.4 Å². The van der Waals surface area contributed by atoms with E-state index in [4.69, 9.17) is 4.74 Å². The third kappa shape index (κ3) is 3.73. The first-order valence-electron chi connectivity index (χ1n) is 6.18. The van der Waals surface area contributed by atoms with Crippen LogP contribution in [0.1, 0.15) is 32.4 Å². The standard InChI is InChI=1S/C14H18F2O3/c1-4-19-14(18)12(8(2)3)13(17)9-5-6-10(15)11(16)7-9/h5-8,12-13,17H,4H2,1-3H3. The highest BCUT2D eigenvalue weighted by Crippen LogP contribution is 2.30. The van der Waals surface area contributed by atoms with Crippen molar-refractivity contribution >= 4 is 5.97 Å². The molecule has 0 aliphatic rings. The quantitative estimate of drug-likeness (QED) is 0.838. The fourth-order valence-electron chi connectivity index (χ4n) is 1.91. The molecule has 0 amide bonds. The highest BCUT2D eigenvalue weighted by molar-refractivity contribution is 5.73. The van der Waals surface area contributed by atoms with E-state index in [0.29, 0.717) is 0 Å². The van der Waals surface area contributed by atoms with E-state index in [1.807, 2.05) is 0 Å². The number of carbonyl (C=O) groups is 1. The average Bonchev–Trinajstić information content (AvgIpc) is 2.32. The molecule has 3 nitrogen and oxygen atoms in total. The van der Waals surface area contributed by atoms with E-state index in [0.717, 1.165) is 12.1 Å². The lowest BCUT2D eigenvalue weighted by Gasteiger charge is -2.24. The monoisotopic (exact) mass is 272 g/mol. The summed E-state index contributed by atoms with van der Waals surface area (Å²) in [6.07, 6.45) is -1.23. The van der Waals surface area contributed by atoms with Crippen LogP contribution in [0.25, 0.3) is 0 Å². The van der Waals surface area contributed by atoms with Gasteiger partial charge < -0.3 is 9.84 Å². The molecular weight excluding hydrogens is 254 g/mol. The van der Waals surface area contributed by atoms with E-state index < -0.39 is 29.6 Å². The van der Waals surface area contributed by atoms with Crippen LogP contribution in [-0.4, -0.2) is 17.7 Å². The van der Waals surface area contributed by atoms with Crippen molar-refractivity contribution in [1.82, 2.24) is 0 Å². The van der Waals surface area contributed by atoms with Crippen molar-refractivity contribution in [2.45, 2.75) is 26.9 Å². The Morgan fingerprint density at radius 3 is 2.42 bits per heavy atom. The van der Waals surface area contributed by atoms with E-state index >= 15 is 0 Å². The zero-order valence-electron chi connectivity index (χ0n) is 11.2. The van der Waals surface area contributed by atoms with Gasteiger partial charge in [0.15, 0.2) is 11.6 Å². The Balaban J connectivity index is 3.01. The number of benzene rings is 1. The van der Waals surface area contributed by atoms with E-state index in [1.165, 1.54) is 6.07 Å². The van der Waals surface area contributed by atoms with Gasteiger partial charge >= 0.3 is 5.97 Å². The molecule has 1 aromatic carbocycles. The smallest absolute Gasteiger partial charge is 0.312 e. The fourth-order valence-corrected chi connectivity index (χ4v) is 1.91. The number of aliphatic hydroxyl groups is 1. The average molecular weight is 272 g/mol. The number of esters is 1. The number of rotatable bonds is 5. The zero-order valence-corrected chi connectivity index (χ0v) is 11.2. The maximum absolute atomic E-state index is 13.2. The minimum atomic E-state index is -1.23. The molecule has 2 unspecified atom stereocenters. The normalized spacial score (nSPS) is 14.3. The molecule has 0 saturated heterocycles. The van der Waals surface area contributed by atoms with Gasteiger partial charge in [-0.2, -0.15) is 0 Å². The number of hydrogen-bond donors (Lipinski definition) is 1. The van der Waals surface area contributed by atoms with Crippen LogP contribution in [0, 0.1) is 23.5 Å². The van der Waals surface area contributed by atoms with Gasteiger partial charge in [-0.15, -0.1) is 0 Å². The molecule has 0 saturated carbocycles. The lowest BCUT2D eigenvalue weighted by atomic mass is 9.86. The minimum absolute atomic E-state index is 0.158. The molecule has 2 atom stereocenters. The number of halogens is 2. The fraction of sp³-hybridized carbons (Fsp3) is 0.500.